The molecule has 1 fully saturated rings. The van der Waals surface area contributed by atoms with E-state index in [2.05, 4.69) is 0 Å². The third-order valence-corrected chi connectivity index (χ3v) is 1.55. The van der Waals surface area contributed by atoms with E-state index in [1.54, 1.807) is 0 Å². The molecule has 0 unspecified atom stereocenters. The number of rotatable bonds is 1. The number of hydrogen-bond donors (Lipinski definition) is 1. The number of carbonyl (C=O) groups excluding carboxylic acids is 1. The van der Waals surface area contributed by atoms with Gasteiger partial charge >= 0.3 is 0 Å². The van der Waals surface area contributed by atoms with Gasteiger partial charge in [0.2, 0.25) is 5.91 Å². The van der Waals surface area contributed by atoms with Crippen molar-refractivity contribution in [3.05, 3.63) is 0 Å². The molecule has 0 aromatic heterocycles. The maximum atomic E-state index is 10.7. The van der Waals surface area contributed by atoms with E-state index in [0.717, 1.165) is 25.9 Å². The number of amides is 1. The molecule has 1 heterocycles. The molecule has 0 aliphatic carbocycles. The van der Waals surface area contributed by atoms with Crippen LogP contribution in [0.15, 0.2) is 0 Å². The van der Waals surface area contributed by atoms with Crippen LogP contribution < -0.4 is 0 Å². The lowest BCUT2D eigenvalue weighted by Crippen LogP contribution is -2.23. The minimum absolute atomic E-state index is 0.326. The fourth-order valence-corrected chi connectivity index (χ4v) is 1.04. The topological polar surface area (TPSA) is 74.7 Å². The monoisotopic (exact) mass is 209 g/mol. The molecule has 78 valence electrons. The molecular weight excluding hydrogens is 194 g/mol. The summed E-state index contributed by atoms with van der Waals surface area (Å²) in [5.74, 6) is 0.326. The second kappa shape index (κ2) is 5.18. The van der Waals surface area contributed by atoms with Crippen molar-refractivity contribution in [1.82, 2.24) is 4.90 Å². The molecule has 0 saturated carbocycles. The molecule has 1 aliphatic rings. The van der Waals surface area contributed by atoms with E-state index < -0.39 is 10.1 Å². The molecular formula is C7H15NO4S. The average molecular weight is 209 g/mol. The highest BCUT2D eigenvalue weighted by atomic mass is 32.2. The maximum absolute atomic E-state index is 10.7. The van der Waals surface area contributed by atoms with Crippen LogP contribution in [0.25, 0.3) is 0 Å². The van der Waals surface area contributed by atoms with Gasteiger partial charge in [0, 0.05) is 19.5 Å². The van der Waals surface area contributed by atoms with Crippen LogP contribution in [0.2, 0.25) is 0 Å². The van der Waals surface area contributed by atoms with Crippen molar-refractivity contribution in [2.45, 2.75) is 19.8 Å². The summed E-state index contributed by atoms with van der Waals surface area (Å²) in [7, 11) is -3.67. The van der Waals surface area contributed by atoms with Gasteiger partial charge in [0.15, 0.2) is 0 Å². The SMILES string of the molecule is CCN1CCCC1=O.CS(=O)(=O)O. The molecule has 1 rings (SSSR count). The first kappa shape index (κ1) is 12.4. The number of hydrogen-bond acceptors (Lipinski definition) is 3. The number of nitrogens with zero attached hydrogens (tertiary/aromatic N) is 1. The van der Waals surface area contributed by atoms with E-state index in [1.165, 1.54) is 0 Å². The molecule has 1 N–H and O–H groups in total. The van der Waals surface area contributed by atoms with Gasteiger partial charge in [0.1, 0.15) is 0 Å². The highest BCUT2D eigenvalue weighted by molar-refractivity contribution is 7.85. The largest absolute Gasteiger partial charge is 0.343 e. The minimum atomic E-state index is -3.67. The van der Waals surface area contributed by atoms with Crippen LogP contribution in [0.4, 0.5) is 0 Å². The summed E-state index contributed by atoms with van der Waals surface area (Å²) in [4.78, 5) is 12.6. The molecule has 0 aromatic carbocycles. The highest BCUT2D eigenvalue weighted by Crippen LogP contribution is 2.07. The van der Waals surface area contributed by atoms with E-state index in [4.69, 9.17) is 4.55 Å². The van der Waals surface area contributed by atoms with E-state index in [9.17, 15) is 13.2 Å². The second-order valence-corrected chi connectivity index (χ2v) is 4.28. The van der Waals surface area contributed by atoms with Gasteiger partial charge in [-0.05, 0) is 13.3 Å². The summed E-state index contributed by atoms with van der Waals surface area (Å²) >= 11 is 0. The zero-order valence-corrected chi connectivity index (χ0v) is 8.67. The first-order valence-electron chi connectivity index (χ1n) is 4.05. The Morgan fingerprint density at radius 1 is 1.54 bits per heavy atom. The van der Waals surface area contributed by atoms with Crippen molar-refractivity contribution in [3.63, 3.8) is 0 Å². The van der Waals surface area contributed by atoms with Crippen LogP contribution in [0, 0.1) is 0 Å². The Hall–Kier alpha value is -0.620. The quantitative estimate of drug-likeness (QED) is 0.623. The Morgan fingerprint density at radius 3 is 2.15 bits per heavy atom. The summed E-state index contributed by atoms with van der Waals surface area (Å²) in [6.45, 7) is 3.89. The van der Waals surface area contributed by atoms with Gasteiger partial charge in [-0.1, -0.05) is 0 Å². The summed E-state index contributed by atoms with van der Waals surface area (Å²) in [6, 6.07) is 0. The lowest BCUT2D eigenvalue weighted by molar-refractivity contribution is -0.127. The van der Waals surface area contributed by atoms with Gasteiger partial charge < -0.3 is 4.90 Å². The van der Waals surface area contributed by atoms with Gasteiger partial charge in [-0.3, -0.25) is 9.35 Å². The van der Waals surface area contributed by atoms with Crippen molar-refractivity contribution < 1.29 is 17.8 Å². The molecule has 1 aliphatic heterocycles. The highest BCUT2D eigenvalue weighted by Gasteiger charge is 2.16. The zero-order chi connectivity index (χ0) is 10.5. The Balaban J connectivity index is 0.000000252. The molecule has 0 radical (unpaired) electrons. The van der Waals surface area contributed by atoms with E-state index >= 15 is 0 Å². The Morgan fingerprint density at radius 2 is 2.00 bits per heavy atom. The van der Waals surface area contributed by atoms with Crippen molar-refractivity contribution in [3.8, 4) is 0 Å². The Labute approximate surface area is 78.5 Å². The van der Waals surface area contributed by atoms with Crippen molar-refractivity contribution in [1.29, 1.82) is 0 Å². The zero-order valence-electron chi connectivity index (χ0n) is 7.86. The van der Waals surface area contributed by atoms with E-state index in [0.29, 0.717) is 12.2 Å². The fourth-order valence-electron chi connectivity index (χ4n) is 1.04. The predicted molar refractivity (Wildman–Crippen MR) is 49.0 cm³/mol. The first-order chi connectivity index (χ1) is 5.84. The number of carbonyl (C=O) groups is 1. The van der Waals surface area contributed by atoms with Crippen LogP contribution in [0.1, 0.15) is 19.8 Å². The van der Waals surface area contributed by atoms with E-state index in [-0.39, 0.29) is 0 Å². The minimum Gasteiger partial charge on any atom is -0.343 e. The summed E-state index contributed by atoms with van der Waals surface area (Å²) in [6.07, 6.45) is 2.55. The van der Waals surface area contributed by atoms with Crippen LogP contribution in [0.3, 0.4) is 0 Å². The molecule has 0 aromatic rings. The predicted octanol–water partition coefficient (Wildman–Crippen LogP) is 0.133. The molecule has 0 spiro atoms. The Bertz CT molecular complexity index is 252. The summed E-state index contributed by atoms with van der Waals surface area (Å²) < 4.78 is 25.9. The molecule has 5 nitrogen and oxygen atoms in total. The first-order valence-corrected chi connectivity index (χ1v) is 5.89. The number of likely N-dealkylation sites (tertiary alicyclic amines) is 1. The molecule has 13 heavy (non-hydrogen) atoms. The summed E-state index contributed by atoms with van der Waals surface area (Å²) in [5.41, 5.74) is 0. The molecule has 0 atom stereocenters. The lowest BCUT2D eigenvalue weighted by atomic mass is 10.4. The third kappa shape index (κ3) is 7.73. The van der Waals surface area contributed by atoms with E-state index in [1.807, 2.05) is 11.8 Å². The van der Waals surface area contributed by atoms with Crippen LogP contribution in [-0.4, -0.2) is 43.1 Å². The molecule has 1 amide bonds. The normalized spacial score (nSPS) is 16.8. The standard InChI is InChI=1S/C6H11NO.CH4O3S/c1-2-7-5-3-4-6(7)8;1-5(2,3)4/h2-5H2,1H3;1H3,(H,2,3,4). The smallest absolute Gasteiger partial charge is 0.261 e. The molecule has 0 bridgehead atoms. The fraction of sp³-hybridized carbons (Fsp3) is 0.857. The molecule has 1 saturated heterocycles. The van der Waals surface area contributed by atoms with Crippen LogP contribution >= 0.6 is 0 Å². The van der Waals surface area contributed by atoms with Gasteiger partial charge in [-0.2, -0.15) is 8.42 Å². The van der Waals surface area contributed by atoms with Crippen molar-refractivity contribution in [2.75, 3.05) is 19.3 Å². The van der Waals surface area contributed by atoms with Crippen molar-refractivity contribution in [2.24, 2.45) is 0 Å². The average Bonchev–Trinajstić information content (AvgIpc) is 2.31. The van der Waals surface area contributed by atoms with Crippen molar-refractivity contribution >= 4 is 16.0 Å². The van der Waals surface area contributed by atoms with Gasteiger partial charge in [-0.15, -0.1) is 0 Å². The third-order valence-electron chi connectivity index (χ3n) is 1.55. The lowest BCUT2D eigenvalue weighted by Gasteiger charge is -2.10. The van der Waals surface area contributed by atoms with Crippen LogP contribution in [-0.2, 0) is 14.9 Å². The Kier molecular flexibility index (Phi) is 4.94. The van der Waals surface area contributed by atoms with Gasteiger partial charge in [0.05, 0.1) is 6.26 Å². The van der Waals surface area contributed by atoms with Gasteiger partial charge in [-0.25, -0.2) is 0 Å². The summed E-state index contributed by atoms with van der Waals surface area (Å²) in [5, 5.41) is 0. The maximum Gasteiger partial charge on any atom is 0.261 e. The molecule has 6 heteroatoms. The van der Waals surface area contributed by atoms with Crippen LogP contribution in [0.5, 0.6) is 0 Å². The van der Waals surface area contributed by atoms with Gasteiger partial charge in [0.25, 0.3) is 10.1 Å². The second-order valence-electron chi connectivity index (χ2n) is 2.81.